The van der Waals surface area contributed by atoms with Gasteiger partial charge in [-0.05, 0) is 33.7 Å². The molecule has 2 nitrogen and oxygen atoms in total. The number of fused-ring (bicyclic) bond motifs is 1. The minimum absolute atomic E-state index is 0.213. The molecule has 0 heterocycles. The van der Waals surface area contributed by atoms with Gasteiger partial charge in [0.15, 0.2) is 0 Å². The Morgan fingerprint density at radius 2 is 1.58 bits per heavy atom. The zero-order valence-electron chi connectivity index (χ0n) is 12.0. The van der Waals surface area contributed by atoms with E-state index in [4.69, 9.17) is 11.1 Å². The zero-order chi connectivity index (χ0) is 14.0. The van der Waals surface area contributed by atoms with Crippen molar-refractivity contribution in [2.75, 3.05) is 0 Å². The molecule has 0 radical (unpaired) electrons. The zero-order valence-corrected chi connectivity index (χ0v) is 12.0. The summed E-state index contributed by atoms with van der Waals surface area (Å²) in [5.74, 6) is 0.213. The van der Waals surface area contributed by atoms with Gasteiger partial charge in [-0.3, -0.25) is 5.41 Å². The topological polar surface area (TPSA) is 49.9 Å². The lowest BCUT2D eigenvalue weighted by molar-refractivity contribution is 0.411. The summed E-state index contributed by atoms with van der Waals surface area (Å²) in [6.07, 6.45) is 1.60. The van der Waals surface area contributed by atoms with Crippen LogP contribution in [0.5, 0.6) is 0 Å². The van der Waals surface area contributed by atoms with Gasteiger partial charge in [-0.1, -0.05) is 57.2 Å². The summed E-state index contributed by atoms with van der Waals surface area (Å²) in [5.41, 5.74) is 8.23. The lowest BCUT2D eigenvalue weighted by Gasteiger charge is -2.18. The smallest absolute Gasteiger partial charge is 0.0950 e. The molecule has 0 aliphatic carbocycles. The molecule has 2 heteroatoms. The molecule has 0 unspecified atom stereocenters. The van der Waals surface area contributed by atoms with Gasteiger partial charge in [0.05, 0.1) is 5.84 Å². The number of amidine groups is 1. The average Bonchev–Trinajstić information content (AvgIpc) is 2.25. The number of hydrogen-bond acceptors (Lipinski definition) is 1. The standard InChI is InChI=1S/C17H22N2/c1-17(2,3)11-13-5-7-14-6-4-12(10-16(18)19)8-15(14)9-13/h4-9H,10-11H2,1-3H3,(H3,18,19). The quantitative estimate of drug-likeness (QED) is 0.633. The molecule has 0 saturated heterocycles. The Bertz CT molecular complexity index is 606. The first-order valence-corrected chi connectivity index (χ1v) is 6.68. The van der Waals surface area contributed by atoms with Gasteiger partial charge < -0.3 is 5.73 Å². The van der Waals surface area contributed by atoms with Gasteiger partial charge in [-0.2, -0.15) is 0 Å². The summed E-state index contributed by atoms with van der Waals surface area (Å²) >= 11 is 0. The van der Waals surface area contributed by atoms with Crippen molar-refractivity contribution in [3.63, 3.8) is 0 Å². The number of nitrogens with one attached hydrogen (secondary N) is 1. The molecule has 0 atom stereocenters. The Hall–Kier alpha value is -1.83. The molecular formula is C17H22N2. The van der Waals surface area contributed by atoms with E-state index in [0.717, 1.165) is 12.0 Å². The molecule has 19 heavy (non-hydrogen) atoms. The highest BCUT2D eigenvalue weighted by Crippen LogP contribution is 2.24. The third kappa shape index (κ3) is 3.82. The molecule has 0 aliphatic heterocycles. The third-order valence-corrected chi connectivity index (χ3v) is 3.10. The predicted molar refractivity (Wildman–Crippen MR) is 82.7 cm³/mol. The Labute approximate surface area is 115 Å². The van der Waals surface area contributed by atoms with Crippen LogP contribution in [0.2, 0.25) is 0 Å². The summed E-state index contributed by atoms with van der Waals surface area (Å²) in [5, 5.41) is 9.86. The Balaban J connectivity index is 2.36. The second-order valence-corrected chi connectivity index (χ2v) is 6.46. The summed E-state index contributed by atoms with van der Waals surface area (Å²) < 4.78 is 0. The van der Waals surface area contributed by atoms with Crippen molar-refractivity contribution in [3.8, 4) is 0 Å². The summed E-state index contributed by atoms with van der Waals surface area (Å²) in [7, 11) is 0. The van der Waals surface area contributed by atoms with Crippen LogP contribution >= 0.6 is 0 Å². The fraction of sp³-hybridized carbons (Fsp3) is 0.353. The maximum Gasteiger partial charge on any atom is 0.0950 e. The van der Waals surface area contributed by atoms with Crippen LogP contribution in [0.15, 0.2) is 36.4 Å². The SMILES string of the molecule is CC(C)(C)Cc1ccc2ccc(CC(=N)N)cc2c1. The van der Waals surface area contributed by atoms with E-state index >= 15 is 0 Å². The summed E-state index contributed by atoms with van der Waals surface area (Å²) in [6.45, 7) is 6.76. The minimum atomic E-state index is 0.213. The first-order valence-electron chi connectivity index (χ1n) is 6.68. The Kier molecular flexibility index (Phi) is 3.61. The van der Waals surface area contributed by atoms with Crippen molar-refractivity contribution < 1.29 is 0 Å². The van der Waals surface area contributed by atoms with Gasteiger partial charge in [-0.15, -0.1) is 0 Å². The fourth-order valence-corrected chi connectivity index (χ4v) is 2.40. The largest absolute Gasteiger partial charge is 0.387 e. The minimum Gasteiger partial charge on any atom is -0.387 e. The molecule has 2 aromatic rings. The molecule has 0 amide bonds. The van der Waals surface area contributed by atoms with Crippen LogP contribution in [0.3, 0.4) is 0 Å². The molecule has 2 aromatic carbocycles. The third-order valence-electron chi connectivity index (χ3n) is 3.10. The first kappa shape index (κ1) is 13.6. The number of rotatable bonds is 3. The van der Waals surface area contributed by atoms with E-state index < -0.39 is 0 Å². The summed E-state index contributed by atoms with van der Waals surface area (Å²) in [4.78, 5) is 0. The van der Waals surface area contributed by atoms with E-state index in [1.54, 1.807) is 0 Å². The Morgan fingerprint density at radius 1 is 1.00 bits per heavy atom. The fourth-order valence-electron chi connectivity index (χ4n) is 2.40. The van der Waals surface area contributed by atoms with E-state index in [0.29, 0.717) is 11.8 Å². The molecule has 100 valence electrons. The molecule has 0 spiro atoms. The molecule has 0 aromatic heterocycles. The van der Waals surface area contributed by atoms with Crippen molar-refractivity contribution in [2.45, 2.75) is 33.6 Å². The van der Waals surface area contributed by atoms with Gasteiger partial charge in [0.1, 0.15) is 0 Å². The highest BCUT2D eigenvalue weighted by Gasteiger charge is 2.11. The lowest BCUT2D eigenvalue weighted by Crippen LogP contribution is -2.12. The van der Waals surface area contributed by atoms with Crippen molar-refractivity contribution in [3.05, 3.63) is 47.5 Å². The van der Waals surface area contributed by atoms with Crippen molar-refractivity contribution >= 4 is 16.6 Å². The van der Waals surface area contributed by atoms with Crippen LogP contribution in [0, 0.1) is 10.8 Å². The van der Waals surface area contributed by atoms with Gasteiger partial charge in [0.25, 0.3) is 0 Å². The van der Waals surface area contributed by atoms with Crippen LogP contribution < -0.4 is 5.73 Å². The number of hydrogen-bond donors (Lipinski definition) is 2. The molecule has 0 bridgehead atoms. The average molecular weight is 254 g/mol. The van der Waals surface area contributed by atoms with Gasteiger partial charge in [-0.25, -0.2) is 0 Å². The van der Waals surface area contributed by atoms with Crippen LogP contribution in [0.4, 0.5) is 0 Å². The monoisotopic (exact) mass is 254 g/mol. The number of nitrogens with two attached hydrogens (primary N) is 1. The maximum absolute atomic E-state index is 7.38. The van der Waals surface area contributed by atoms with Gasteiger partial charge in [0.2, 0.25) is 0 Å². The normalized spacial score (nSPS) is 11.7. The molecule has 0 saturated carbocycles. The molecule has 0 aliphatic rings. The van der Waals surface area contributed by atoms with Crippen LogP contribution in [0.25, 0.3) is 10.8 Å². The summed E-state index contributed by atoms with van der Waals surface area (Å²) in [6, 6.07) is 12.9. The molecule has 2 rings (SSSR count). The van der Waals surface area contributed by atoms with Crippen LogP contribution in [-0.2, 0) is 12.8 Å². The molecular weight excluding hydrogens is 232 g/mol. The second-order valence-electron chi connectivity index (χ2n) is 6.46. The van der Waals surface area contributed by atoms with Gasteiger partial charge >= 0.3 is 0 Å². The van der Waals surface area contributed by atoms with E-state index in [-0.39, 0.29) is 5.84 Å². The highest BCUT2D eigenvalue weighted by molar-refractivity contribution is 5.86. The van der Waals surface area contributed by atoms with Crippen LogP contribution in [-0.4, -0.2) is 5.84 Å². The highest BCUT2D eigenvalue weighted by atomic mass is 14.7. The van der Waals surface area contributed by atoms with Crippen molar-refractivity contribution in [1.29, 1.82) is 5.41 Å². The molecule has 0 fully saturated rings. The van der Waals surface area contributed by atoms with Crippen molar-refractivity contribution in [1.82, 2.24) is 0 Å². The van der Waals surface area contributed by atoms with Crippen LogP contribution in [0.1, 0.15) is 31.9 Å². The van der Waals surface area contributed by atoms with Crippen molar-refractivity contribution in [2.24, 2.45) is 11.1 Å². The van der Waals surface area contributed by atoms with E-state index in [1.165, 1.54) is 16.3 Å². The molecule has 3 N–H and O–H groups in total. The van der Waals surface area contributed by atoms with E-state index in [2.05, 4.69) is 51.1 Å². The van der Waals surface area contributed by atoms with Gasteiger partial charge in [0, 0.05) is 6.42 Å². The number of benzene rings is 2. The van der Waals surface area contributed by atoms with E-state index in [1.807, 2.05) is 6.07 Å². The Morgan fingerprint density at radius 3 is 2.16 bits per heavy atom. The second kappa shape index (κ2) is 5.04. The lowest BCUT2D eigenvalue weighted by atomic mass is 9.87. The maximum atomic E-state index is 7.38. The first-order chi connectivity index (χ1) is 8.83. The van der Waals surface area contributed by atoms with E-state index in [9.17, 15) is 0 Å². The predicted octanol–water partition coefficient (Wildman–Crippen LogP) is 3.91.